The van der Waals surface area contributed by atoms with Crippen LogP contribution in [0, 0.1) is 12.8 Å². The van der Waals surface area contributed by atoms with Gasteiger partial charge in [0.15, 0.2) is 5.65 Å². The molecule has 2 aliphatic rings. The van der Waals surface area contributed by atoms with E-state index in [9.17, 15) is 4.39 Å². The predicted octanol–water partition coefficient (Wildman–Crippen LogP) is 3.18. The number of nitrogens with two attached hydrogens (primary N) is 1. The number of alkyl halides is 1. The lowest BCUT2D eigenvalue weighted by molar-refractivity contribution is 0.251. The van der Waals surface area contributed by atoms with Crippen LogP contribution in [0.2, 0.25) is 0 Å². The Labute approximate surface area is 188 Å². The first-order valence-electron chi connectivity index (χ1n) is 11.6. The van der Waals surface area contributed by atoms with Gasteiger partial charge in [-0.05, 0) is 43.9 Å². The average Bonchev–Trinajstić information content (AvgIpc) is 3.16. The van der Waals surface area contributed by atoms with Crippen LogP contribution < -0.4 is 15.5 Å². The zero-order valence-corrected chi connectivity index (χ0v) is 19.1. The highest BCUT2D eigenvalue weighted by Crippen LogP contribution is 2.36. The number of pyridine rings is 2. The topological polar surface area (TPSA) is 76.1 Å². The smallest absolute Gasteiger partial charge is 0.159 e. The summed E-state index contributed by atoms with van der Waals surface area (Å²) >= 11 is 0. The first-order valence-corrected chi connectivity index (χ1v) is 11.6. The summed E-state index contributed by atoms with van der Waals surface area (Å²) in [5.74, 6) is 0.877. The molecule has 2 aliphatic heterocycles. The van der Waals surface area contributed by atoms with Crippen molar-refractivity contribution in [1.82, 2.24) is 19.7 Å². The van der Waals surface area contributed by atoms with Gasteiger partial charge in [-0.1, -0.05) is 6.92 Å². The summed E-state index contributed by atoms with van der Waals surface area (Å²) in [7, 11) is 1.94. The van der Waals surface area contributed by atoms with Gasteiger partial charge in [0.1, 0.15) is 6.17 Å². The molecule has 0 saturated carbocycles. The van der Waals surface area contributed by atoms with Gasteiger partial charge in [0, 0.05) is 50.0 Å². The quantitative estimate of drug-likeness (QED) is 0.678. The molecule has 2 N–H and O–H groups in total. The monoisotopic (exact) mass is 437 g/mol. The molecule has 4 atom stereocenters. The van der Waals surface area contributed by atoms with Crippen LogP contribution in [0.1, 0.15) is 37.1 Å². The molecule has 0 unspecified atom stereocenters. The Morgan fingerprint density at radius 2 is 1.91 bits per heavy atom. The molecule has 2 fully saturated rings. The van der Waals surface area contributed by atoms with Crippen LogP contribution in [0.5, 0.6) is 0 Å². The molecule has 5 heterocycles. The molecule has 0 aromatic carbocycles. The van der Waals surface area contributed by atoms with Crippen molar-refractivity contribution >= 4 is 22.4 Å². The van der Waals surface area contributed by atoms with Crippen molar-refractivity contribution in [3.8, 4) is 0 Å². The molecule has 32 heavy (non-hydrogen) atoms. The van der Waals surface area contributed by atoms with E-state index in [1.165, 1.54) is 5.69 Å². The molecule has 2 saturated heterocycles. The number of fused-ring (bicyclic) bond motifs is 1. The maximum atomic E-state index is 14.0. The molecule has 5 rings (SSSR count). The fourth-order valence-electron chi connectivity index (χ4n) is 5.25. The minimum absolute atomic E-state index is 0.346. The SMILES string of the molecule is Cc1cc(N2CC[C@H](c3ccc(N4CC[C@@H](N)[C@H](F)C4)cn3)[C@@H](C)C2)c2cnn(C)c2n1. The van der Waals surface area contributed by atoms with Gasteiger partial charge in [-0.25, -0.2) is 9.37 Å². The number of hydrogen-bond acceptors (Lipinski definition) is 6. The van der Waals surface area contributed by atoms with Gasteiger partial charge in [0.05, 0.1) is 35.7 Å². The maximum absolute atomic E-state index is 14.0. The van der Waals surface area contributed by atoms with Gasteiger partial charge in [-0.3, -0.25) is 9.67 Å². The van der Waals surface area contributed by atoms with E-state index in [2.05, 4.69) is 45.0 Å². The lowest BCUT2D eigenvalue weighted by atomic mass is 9.84. The van der Waals surface area contributed by atoms with E-state index >= 15 is 0 Å². The highest BCUT2D eigenvalue weighted by molar-refractivity contribution is 5.89. The second kappa shape index (κ2) is 8.31. The van der Waals surface area contributed by atoms with E-state index in [4.69, 9.17) is 10.7 Å². The molecule has 3 aromatic rings. The Morgan fingerprint density at radius 3 is 2.62 bits per heavy atom. The first kappa shape index (κ1) is 21.1. The standard InChI is InChI=1S/C24H32FN7/c1-15-13-32(23-10-16(2)29-24-19(23)12-28-30(24)3)8-6-18(15)22-5-4-17(11-27-22)31-9-7-21(26)20(25)14-31/h4-5,10-12,15,18,20-21H,6-9,13-14,26H2,1-3H3/t15-,18-,20+,21+/m0/s1. The largest absolute Gasteiger partial charge is 0.371 e. The summed E-state index contributed by atoms with van der Waals surface area (Å²) in [6, 6.07) is 6.05. The lowest BCUT2D eigenvalue weighted by Gasteiger charge is -2.38. The fourth-order valence-corrected chi connectivity index (χ4v) is 5.25. The third-order valence-corrected chi connectivity index (χ3v) is 7.16. The molecule has 0 bridgehead atoms. The molecular weight excluding hydrogens is 405 g/mol. The highest BCUT2D eigenvalue weighted by Gasteiger charge is 2.30. The van der Waals surface area contributed by atoms with Crippen molar-refractivity contribution in [2.45, 2.75) is 44.8 Å². The Hall–Kier alpha value is -2.74. The number of piperidine rings is 2. The van der Waals surface area contributed by atoms with E-state index in [0.29, 0.717) is 24.8 Å². The van der Waals surface area contributed by atoms with E-state index in [1.807, 2.05) is 31.0 Å². The average molecular weight is 438 g/mol. The van der Waals surface area contributed by atoms with Crippen molar-refractivity contribution < 1.29 is 4.39 Å². The predicted molar refractivity (Wildman–Crippen MR) is 126 cm³/mol. The summed E-state index contributed by atoms with van der Waals surface area (Å²) < 4.78 is 15.9. The molecule has 8 heteroatoms. The van der Waals surface area contributed by atoms with E-state index < -0.39 is 6.17 Å². The Bertz CT molecular complexity index is 1100. The van der Waals surface area contributed by atoms with Gasteiger partial charge < -0.3 is 15.5 Å². The molecule has 170 valence electrons. The number of rotatable bonds is 3. The third-order valence-electron chi connectivity index (χ3n) is 7.16. The van der Waals surface area contributed by atoms with Crippen molar-refractivity contribution in [2.75, 3.05) is 36.0 Å². The number of aromatic nitrogens is 4. The number of aryl methyl sites for hydroxylation is 2. The molecule has 3 aromatic heterocycles. The number of hydrogen-bond donors (Lipinski definition) is 1. The Balaban J connectivity index is 1.30. The summed E-state index contributed by atoms with van der Waals surface area (Å²) in [5.41, 5.74) is 11.1. The second-order valence-corrected chi connectivity index (χ2v) is 9.46. The van der Waals surface area contributed by atoms with E-state index in [0.717, 1.165) is 54.2 Å². The van der Waals surface area contributed by atoms with Crippen LogP contribution in [-0.4, -0.2) is 58.1 Å². The van der Waals surface area contributed by atoms with Crippen molar-refractivity contribution in [3.05, 3.63) is 42.0 Å². The van der Waals surface area contributed by atoms with Gasteiger partial charge in [0.25, 0.3) is 0 Å². The second-order valence-electron chi connectivity index (χ2n) is 9.46. The molecular formula is C24H32FN7. The van der Waals surface area contributed by atoms with Crippen LogP contribution in [0.15, 0.2) is 30.6 Å². The van der Waals surface area contributed by atoms with Crippen molar-refractivity contribution in [3.63, 3.8) is 0 Å². The summed E-state index contributed by atoms with van der Waals surface area (Å²) in [6.07, 6.45) is 4.57. The first-order chi connectivity index (χ1) is 15.4. The van der Waals surface area contributed by atoms with Crippen LogP contribution in [-0.2, 0) is 7.05 Å². The molecule has 0 aliphatic carbocycles. The van der Waals surface area contributed by atoms with Crippen LogP contribution in [0.4, 0.5) is 15.8 Å². The van der Waals surface area contributed by atoms with Crippen LogP contribution in [0.25, 0.3) is 11.0 Å². The molecule has 0 spiro atoms. The molecule has 0 amide bonds. The van der Waals surface area contributed by atoms with Crippen LogP contribution in [0.3, 0.4) is 0 Å². The minimum atomic E-state index is -0.976. The van der Waals surface area contributed by atoms with Crippen molar-refractivity contribution in [1.29, 1.82) is 0 Å². The van der Waals surface area contributed by atoms with Gasteiger partial charge in [-0.15, -0.1) is 0 Å². The van der Waals surface area contributed by atoms with Gasteiger partial charge in [0.2, 0.25) is 0 Å². The number of nitrogens with zero attached hydrogens (tertiary/aromatic N) is 6. The lowest BCUT2D eigenvalue weighted by Crippen LogP contribution is -2.48. The zero-order valence-electron chi connectivity index (χ0n) is 19.1. The zero-order chi connectivity index (χ0) is 22.4. The highest BCUT2D eigenvalue weighted by atomic mass is 19.1. The summed E-state index contributed by atoms with van der Waals surface area (Å²) in [4.78, 5) is 14.0. The Kier molecular flexibility index (Phi) is 5.49. The van der Waals surface area contributed by atoms with Crippen molar-refractivity contribution in [2.24, 2.45) is 18.7 Å². The summed E-state index contributed by atoms with van der Waals surface area (Å²) in [5, 5.41) is 5.52. The summed E-state index contributed by atoms with van der Waals surface area (Å²) in [6.45, 7) is 7.42. The van der Waals surface area contributed by atoms with Gasteiger partial charge >= 0.3 is 0 Å². The third kappa shape index (κ3) is 3.81. The minimum Gasteiger partial charge on any atom is -0.371 e. The number of anilines is 2. The van der Waals surface area contributed by atoms with Gasteiger partial charge in [-0.2, -0.15) is 5.10 Å². The Morgan fingerprint density at radius 1 is 1.09 bits per heavy atom. The molecule has 0 radical (unpaired) electrons. The van der Waals surface area contributed by atoms with E-state index in [1.54, 1.807) is 0 Å². The molecule has 7 nitrogen and oxygen atoms in total. The maximum Gasteiger partial charge on any atom is 0.159 e. The normalized spacial score (nSPS) is 26.7. The van der Waals surface area contributed by atoms with Crippen LogP contribution >= 0.6 is 0 Å². The van der Waals surface area contributed by atoms with E-state index in [-0.39, 0.29) is 6.04 Å². The fraction of sp³-hybridized carbons (Fsp3) is 0.542. The number of halogens is 1.